The fraction of sp³-hybridized carbons (Fsp3) is 0.118. The molecule has 0 spiro atoms. The summed E-state index contributed by atoms with van der Waals surface area (Å²) < 4.78 is 1.72. The van der Waals surface area contributed by atoms with Gasteiger partial charge in [-0.25, -0.2) is 9.48 Å². The van der Waals surface area contributed by atoms with Crippen molar-refractivity contribution >= 4 is 5.97 Å². The summed E-state index contributed by atoms with van der Waals surface area (Å²) in [6.07, 6.45) is 1.84. The molecule has 0 aliphatic carbocycles. The van der Waals surface area contributed by atoms with Gasteiger partial charge in [-0.1, -0.05) is 23.4 Å². The number of carbonyl (C=O) groups is 1. The molecule has 0 amide bonds. The number of aromatic nitrogens is 3. The van der Waals surface area contributed by atoms with Crippen molar-refractivity contribution in [3.05, 3.63) is 65.4 Å². The predicted octanol–water partition coefficient (Wildman–Crippen LogP) is 3.25. The Morgan fingerprint density at radius 2 is 1.68 bits per heavy atom. The van der Waals surface area contributed by atoms with Crippen LogP contribution >= 0.6 is 0 Å². The lowest BCUT2D eigenvalue weighted by Crippen LogP contribution is -1.96. The fourth-order valence-electron chi connectivity index (χ4n) is 2.39. The first kappa shape index (κ1) is 14.0. The molecule has 0 saturated heterocycles. The summed E-state index contributed by atoms with van der Waals surface area (Å²) in [6.45, 7) is 4.08. The monoisotopic (exact) mass is 293 g/mol. The Labute approximate surface area is 127 Å². The standard InChI is InChI=1S/C17H15N3O2/c1-11-7-12(2)9-15(8-11)20-10-16(18-19-20)13-3-5-14(6-4-13)17(21)22/h3-10H,1-2H3,(H,21,22). The molecule has 5 heteroatoms. The molecule has 0 aliphatic rings. The van der Waals surface area contributed by atoms with Crippen molar-refractivity contribution in [2.45, 2.75) is 13.8 Å². The molecule has 0 bridgehead atoms. The molecule has 2 aromatic carbocycles. The highest BCUT2D eigenvalue weighted by Gasteiger charge is 2.08. The summed E-state index contributed by atoms with van der Waals surface area (Å²) in [5.74, 6) is -0.939. The zero-order valence-corrected chi connectivity index (χ0v) is 12.3. The van der Waals surface area contributed by atoms with Crippen LogP contribution in [-0.2, 0) is 0 Å². The quantitative estimate of drug-likeness (QED) is 0.805. The van der Waals surface area contributed by atoms with E-state index in [2.05, 4.69) is 16.4 Å². The van der Waals surface area contributed by atoms with Gasteiger partial charge in [0, 0.05) is 5.56 Å². The minimum absolute atomic E-state index is 0.255. The second-order valence-electron chi connectivity index (χ2n) is 5.28. The van der Waals surface area contributed by atoms with Crippen molar-refractivity contribution in [2.75, 3.05) is 0 Å². The number of rotatable bonds is 3. The molecule has 0 fully saturated rings. The Hall–Kier alpha value is -2.95. The van der Waals surface area contributed by atoms with E-state index in [0.717, 1.165) is 22.4 Å². The summed E-state index contributed by atoms with van der Waals surface area (Å²) in [5.41, 5.74) is 5.08. The Balaban J connectivity index is 1.94. The third kappa shape index (κ3) is 2.74. The summed E-state index contributed by atoms with van der Waals surface area (Å²) in [7, 11) is 0. The van der Waals surface area contributed by atoms with Gasteiger partial charge in [-0.15, -0.1) is 5.10 Å². The van der Waals surface area contributed by atoms with Gasteiger partial charge in [-0.3, -0.25) is 0 Å². The molecule has 1 N–H and O–H groups in total. The molecule has 0 aliphatic heterocycles. The zero-order valence-electron chi connectivity index (χ0n) is 12.3. The smallest absolute Gasteiger partial charge is 0.335 e. The van der Waals surface area contributed by atoms with Crippen LogP contribution < -0.4 is 0 Å². The van der Waals surface area contributed by atoms with Crippen molar-refractivity contribution < 1.29 is 9.90 Å². The Morgan fingerprint density at radius 3 is 2.27 bits per heavy atom. The molecule has 0 unspecified atom stereocenters. The number of hydrogen-bond acceptors (Lipinski definition) is 3. The highest BCUT2D eigenvalue weighted by Crippen LogP contribution is 2.19. The number of aromatic carboxylic acids is 1. The molecule has 0 atom stereocenters. The van der Waals surface area contributed by atoms with E-state index in [4.69, 9.17) is 5.11 Å². The Morgan fingerprint density at radius 1 is 1.05 bits per heavy atom. The largest absolute Gasteiger partial charge is 0.478 e. The normalized spacial score (nSPS) is 10.6. The number of nitrogens with zero attached hydrogens (tertiary/aromatic N) is 3. The average Bonchev–Trinajstić information content (AvgIpc) is 2.96. The summed E-state index contributed by atoms with van der Waals surface area (Å²) >= 11 is 0. The predicted molar refractivity (Wildman–Crippen MR) is 83.2 cm³/mol. The van der Waals surface area contributed by atoms with Crippen LogP contribution in [0.5, 0.6) is 0 Å². The number of aryl methyl sites for hydroxylation is 2. The van der Waals surface area contributed by atoms with Gasteiger partial charge in [0.1, 0.15) is 5.69 Å². The van der Waals surface area contributed by atoms with E-state index < -0.39 is 5.97 Å². The van der Waals surface area contributed by atoms with Crippen LogP contribution in [-0.4, -0.2) is 26.1 Å². The molecule has 1 aromatic heterocycles. The lowest BCUT2D eigenvalue weighted by Gasteiger charge is -2.03. The van der Waals surface area contributed by atoms with Crippen LogP contribution in [0.4, 0.5) is 0 Å². The molecule has 5 nitrogen and oxygen atoms in total. The van der Waals surface area contributed by atoms with E-state index >= 15 is 0 Å². The van der Waals surface area contributed by atoms with Crippen molar-refractivity contribution in [3.63, 3.8) is 0 Å². The van der Waals surface area contributed by atoms with E-state index in [-0.39, 0.29) is 5.56 Å². The summed E-state index contributed by atoms with van der Waals surface area (Å²) in [5, 5.41) is 17.2. The van der Waals surface area contributed by atoms with Gasteiger partial charge in [0.25, 0.3) is 0 Å². The summed E-state index contributed by atoms with van der Waals surface area (Å²) in [6, 6.07) is 12.8. The van der Waals surface area contributed by atoms with Crippen LogP contribution in [0, 0.1) is 13.8 Å². The molecule has 0 radical (unpaired) electrons. The molecule has 1 heterocycles. The second kappa shape index (κ2) is 5.44. The summed E-state index contributed by atoms with van der Waals surface area (Å²) in [4.78, 5) is 10.9. The molecular formula is C17H15N3O2. The molecule has 0 saturated carbocycles. The maximum atomic E-state index is 10.9. The number of carboxylic acids is 1. The van der Waals surface area contributed by atoms with Crippen molar-refractivity contribution in [3.8, 4) is 16.9 Å². The Bertz CT molecular complexity index is 815. The average molecular weight is 293 g/mol. The molecule has 3 aromatic rings. The van der Waals surface area contributed by atoms with Crippen LogP contribution in [0.2, 0.25) is 0 Å². The zero-order chi connectivity index (χ0) is 15.7. The fourth-order valence-corrected chi connectivity index (χ4v) is 2.39. The molecule has 110 valence electrons. The van der Waals surface area contributed by atoms with E-state index in [9.17, 15) is 4.79 Å². The van der Waals surface area contributed by atoms with Crippen LogP contribution in [0.3, 0.4) is 0 Å². The minimum atomic E-state index is -0.939. The Kier molecular flexibility index (Phi) is 3.47. The maximum Gasteiger partial charge on any atom is 0.335 e. The van der Waals surface area contributed by atoms with Gasteiger partial charge in [-0.05, 0) is 49.2 Å². The van der Waals surface area contributed by atoms with Gasteiger partial charge >= 0.3 is 5.97 Å². The van der Waals surface area contributed by atoms with Crippen molar-refractivity contribution in [2.24, 2.45) is 0 Å². The van der Waals surface area contributed by atoms with Gasteiger partial charge in [0.05, 0.1) is 17.4 Å². The number of hydrogen-bond donors (Lipinski definition) is 1. The molecule has 3 rings (SSSR count). The van der Waals surface area contributed by atoms with Gasteiger partial charge in [-0.2, -0.15) is 0 Å². The lowest BCUT2D eigenvalue weighted by atomic mass is 10.1. The van der Waals surface area contributed by atoms with Crippen LogP contribution in [0.15, 0.2) is 48.7 Å². The molecule has 22 heavy (non-hydrogen) atoms. The van der Waals surface area contributed by atoms with E-state index in [1.54, 1.807) is 28.9 Å². The van der Waals surface area contributed by atoms with E-state index in [1.807, 2.05) is 32.2 Å². The minimum Gasteiger partial charge on any atom is -0.478 e. The van der Waals surface area contributed by atoms with E-state index in [1.165, 1.54) is 0 Å². The first-order valence-corrected chi connectivity index (χ1v) is 6.88. The van der Waals surface area contributed by atoms with Crippen molar-refractivity contribution in [1.82, 2.24) is 15.0 Å². The van der Waals surface area contributed by atoms with Gasteiger partial charge in [0.15, 0.2) is 0 Å². The highest BCUT2D eigenvalue weighted by atomic mass is 16.4. The first-order valence-electron chi connectivity index (χ1n) is 6.88. The highest BCUT2D eigenvalue weighted by molar-refractivity contribution is 5.88. The number of carboxylic acid groups (broad SMARTS) is 1. The van der Waals surface area contributed by atoms with Crippen molar-refractivity contribution in [1.29, 1.82) is 0 Å². The number of benzene rings is 2. The third-order valence-electron chi connectivity index (χ3n) is 3.39. The molecular weight excluding hydrogens is 278 g/mol. The van der Waals surface area contributed by atoms with Gasteiger partial charge in [0.2, 0.25) is 0 Å². The van der Waals surface area contributed by atoms with Crippen LogP contribution in [0.1, 0.15) is 21.5 Å². The van der Waals surface area contributed by atoms with Gasteiger partial charge < -0.3 is 5.11 Å². The third-order valence-corrected chi connectivity index (χ3v) is 3.39. The lowest BCUT2D eigenvalue weighted by molar-refractivity contribution is 0.0697. The topological polar surface area (TPSA) is 68.0 Å². The SMILES string of the molecule is Cc1cc(C)cc(-n2cc(-c3ccc(C(=O)O)cc3)nn2)c1. The first-order chi connectivity index (χ1) is 10.5. The second-order valence-corrected chi connectivity index (χ2v) is 5.28. The maximum absolute atomic E-state index is 10.9. The van der Waals surface area contributed by atoms with Crippen LogP contribution in [0.25, 0.3) is 16.9 Å². The van der Waals surface area contributed by atoms with E-state index in [0.29, 0.717) is 5.69 Å².